The minimum atomic E-state index is -0.933. The number of hydrogen-bond acceptors (Lipinski definition) is 4. The van der Waals surface area contributed by atoms with Crippen molar-refractivity contribution in [3.05, 3.63) is 23.8 Å². The van der Waals surface area contributed by atoms with Gasteiger partial charge in [-0.2, -0.15) is 0 Å². The van der Waals surface area contributed by atoms with Crippen LogP contribution in [0.4, 0.5) is 5.95 Å². The SMILES string of the molecule is C.CC(C)(O)c1ccc2nc(NC(=O)CC(O)(C3CC3)C3CC3)n(C3CCC3)c2c1. The van der Waals surface area contributed by atoms with Gasteiger partial charge in [0.15, 0.2) is 0 Å². The second-order valence-corrected chi connectivity index (χ2v) is 9.92. The predicted molar refractivity (Wildman–Crippen MR) is 118 cm³/mol. The van der Waals surface area contributed by atoms with E-state index in [2.05, 4.69) is 9.88 Å². The number of anilines is 1. The number of aromatic nitrogens is 2. The maximum atomic E-state index is 12.9. The molecule has 1 aromatic carbocycles. The molecule has 6 nitrogen and oxygen atoms in total. The fraction of sp³-hybridized carbons (Fsp3) is 0.667. The maximum absolute atomic E-state index is 12.9. The zero-order valence-electron chi connectivity index (χ0n) is 17.3. The van der Waals surface area contributed by atoms with Gasteiger partial charge in [-0.05, 0) is 88.3 Å². The van der Waals surface area contributed by atoms with Crippen LogP contribution in [0, 0.1) is 11.8 Å². The van der Waals surface area contributed by atoms with Gasteiger partial charge in [-0.15, -0.1) is 0 Å². The number of rotatable bonds is 7. The number of nitrogens with one attached hydrogen (secondary N) is 1. The molecule has 0 saturated heterocycles. The second kappa shape index (κ2) is 7.34. The van der Waals surface area contributed by atoms with Crippen molar-refractivity contribution in [1.29, 1.82) is 0 Å². The Bertz CT molecular complexity index is 934. The summed E-state index contributed by atoms with van der Waals surface area (Å²) >= 11 is 0. The van der Waals surface area contributed by atoms with Gasteiger partial charge in [-0.25, -0.2) is 4.98 Å². The fourth-order valence-corrected chi connectivity index (χ4v) is 4.79. The van der Waals surface area contributed by atoms with Gasteiger partial charge >= 0.3 is 0 Å². The van der Waals surface area contributed by atoms with Gasteiger partial charge in [-0.3, -0.25) is 10.1 Å². The highest BCUT2D eigenvalue weighted by atomic mass is 16.3. The molecule has 1 aromatic heterocycles. The molecule has 3 N–H and O–H groups in total. The first-order valence-electron chi connectivity index (χ1n) is 11.0. The molecule has 0 spiro atoms. The summed E-state index contributed by atoms with van der Waals surface area (Å²) in [5, 5.41) is 24.6. The highest BCUT2D eigenvalue weighted by Gasteiger charge is 2.54. The lowest BCUT2D eigenvalue weighted by molar-refractivity contribution is -0.123. The van der Waals surface area contributed by atoms with E-state index in [9.17, 15) is 15.0 Å². The summed E-state index contributed by atoms with van der Waals surface area (Å²) in [5.41, 5.74) is 0.826. The second-order valence-electron chi connectivity index (χ2n) is 9.92. The van der Waals surface area contributed by atoms with Crippen LogP contribution in [0.3, 0.4) is 0 Å². The van der Waals surface area contributed by atoms with Crippen molar-refractivity contribution in [2.24, 2.45) is 11.8 Å². The largest absolute Gasteiger partial charge is 0.389 e. The van der Waals surface area contributed by atoms with E-state index in [0.29, 0.717) is 12.0 Å². The molecule has 0 aliphatic heterocycles. The van der Waals surface area contributed by atoms with Gasteiger partial charge in [0.25, 0.3) is 0 Å². The molecule has 3 fully saturated rings. The lowest BCUT2D eigenvalue weighted by atomic mass is 9.88. The van der Waals surface area contributed by atoms with E-state index in [1.165, 1.54) is 6.42 Å². The van der Waals surface area contributed by atoms with Crippen LogP contribution in [-0.4, -0.2) is 31.3 Å². The first-order chi connectivity index (χ1) is 13.8. The summed E-state index contributed by atoms with van der Waals surface area (Å²) in [6.45, 7) is 3.55. The Morgan fingerprint density at radius 3 is 2.27 bits per heavy atom. The fourth-order valence-electron chi connectivity index (χ4n) is 4.79. The zero-order valence-corrected chi connectivity index (χ0v) is 17.3. The Morgan fingerprint density at radius 1 is 1.13 bits per heavy atom. The third-order valence-electron chi connectivity index (χ3n) is 7.10. The van der Waals surface area contributed by atoms with Gasteiger partial charge < -0.3 is 14.8 Å². The molecule has 164 valence electrons. The van der Waals surface area contributed by atoms with E-state index in [1.54, 1.807) is 13.8 Å². The monoisotopic (exact) mass is 413 g/mol. The van der Waals surface area contributed by atoms with Crippen LogP contribution >= 0.6 is 0 Å². The molecule has 0 atom stereocenters. The van der Waals surface area contributed by atoms with E-state index < -0.39 is 11.2 Å². The average Bonchev–Trinajstić information content (AvgIpc) is 3.50. The molecule has 6 heteroatoms. The standard InChI is InChI=1S/C23H31N3O3.CH4/c1-22(2,28)16-10-11-18-19(12-16)26(17-4-3-5-17)21(24-18)25-20(27)13-23(29,14-6-7-14)15-8-9-15;/h10-12,14-15,17,28-29H,3-9,13H2,1-2H3,(H,24,25,27);1H4. The molecule has 3 aliphatic carbocycles. The van der Waals surface area contributed by atoms with Crippen LogP contribution in [0.25, 0.3) is 11.0 Å². The van der Waals surface area contributed by atoms with E-state index in [0.717, 1.165) is 55.1 Å². The minimum absolute atomic E-state index is 0. The lowest BCUT2D eigenvalue weighted by Gasteiger charge is -2.30. The van der Waals surface area contributed by atoms with Crippen molar-refractivity contribution in [3.8, 4) is 0 Å². The number of benzene rings is 1. The Kier molecular flexibility index (Phi) is 5.22. The number of carbonyl (C=O) groups excluding carboxylic acids is 1. The molecule has 1 heterocycles. The van der Waals surface area contributed by atoms with Crippen molar-refractivity contribution in [2.45, 2.75) is 89.9 Å². The van der Waals surface area contributed by atoms with Gasteiger partial charge in [0, 0.05) is 6.04 Å². The van der Waals surface area contributed by atoms with Gasteiger partial charge in [-0.1, -0.05) is 13.5 Å². The Balaban J connectivity index is 0.00000218. The van der Waals surface area contributed by atoms with Crippen molar-refractivity contribution in [3.63, 3.8) is 0 Å². The molecular weight excluding hydrogens is 378 g/mol. The highest BCUT2D eigenvalue weighted by molar-refractivity contribution is 5.92. The van der Waals surface area contributed by atoms with Crippen molar-refractivity contribution in [2.75, 3.05) is 5.32 Å². The van der Waals surface area contributed by atoms with Gasteiger partial charge in [0.05, 0.1) is 28.7 Å². The molecule has 0 bridgehead atoms. The first kappa shape index (κ1) is 21.3. The van der Waals surface area contributed by atoms with E-state index in [4.69, 9.17) is 4.98 Å². The van der Waals surface area contributed by atoms with Crippen LogP contribution in [0.15, 0.2) is 18.2 Å². The quantitative estimate of drug-likeness (QED) is 0.623. The normalized spacial score (nSPS) is 20.0. The smallest absolute Gasteiger partial charge is 0.229 e. The summed E-state index contributed by atoms with van der Waals surface area (Å²) in [5.74, 6) is 0.975. The molecule has 0 unspecified atom stereocenters. The molecule has 2 aromatic rings. The number of fused-ring (bicyclic) bond motifs is 1. The number of imidazole rings is 1. The van der Waals surface area contributed by atoms with E-state index in [1.807, 2.05) is 18.2 Å². The summed E-state index contributed by atoms with van der Waals surface area (Å²) in [6, 6.07) is 6.11. The summed E-state index contributed by atoms with van der Waals surface area (Å²) in [6.07, 6.45) is 7.57. The Morgan fingerprint density at radius 2 is 1.77 bits per heavy atom. The van der Waals surface area contributed by atoms with Crippen LogP contribution < -0.4 is 5.32 Å². The van der Waals surface area contributed by atoms with Crippen molar-refractivity contribution in [1.82, 2.24) is 9.55 Å². The van der Waals surface area contributed by atoms with Gasteiger partial charge in [0.2, 0.25) is 11.9 Å². The molecule has 0 radical (unpaired) electrons. The lowest BCUT2D eigenvalue weighted by Crippen LogP contribution is -2.39. The number of nitrogens with zero attached hydrogens (tertiary/aromatic N) is 2. The molecule has 5 rings (SSSR count). The number of carbonyl (C=O) groups is 1. The Hall–Kier alpha value is -1.92. The molecule has 3 aliphatic rings. The van der Waals surface area contributed by atoms with E-state index in [-0.39, 0.29) is 31.6 Å². The molecular formula is C24H35N3O3. The Labute approximate surface area is 178 Å². The third kappa shape index (κ3) is 3.76. The topological polar surface area (TPSA) is 87.4 Å². The van der Waals surface area contributed by atoms with Crippen LogP contribution in [-0.2, 0) is 10.4 Å². The molecule has 1 amide bonds. The summed E-state index contributed by atoms with van der Waals surface area (Å²) < 4.78 is 2.12. The summed E-state index contributed by atoms with van der Waals surface area (Å²) in [4.78, 5) is 17.6. The van der Waals surface area contributed by atoms with Crippen LogP contribution in [0.2, 0.25) is 0 Å². The molecule has 3 saturated carbocycles. The zero-order chi connectivity index (χ0) is 20.4. The first-order valence-corrected chi connectivity index (χ1v) is 11.0. The molecule has 30 heavy (non-hydrogen) atoms. The number of aliphatic hydroxyl groups is 2. The highest BCUT2D eigenvalue weighted by Crippen LogP contribution is 2.53. The van der Waals surface area contributed by atoms with Gasteiger partial charge in [0.1, 0.15) is 0 Å². The predicted octanol–water partition coefficient (Wildman–Crippen LogP) is 4.50. The number of hydrogen-bond donors (Lipinski definition) is 3. The third-order valence-corrected chi connectivity index (χ3v) is 7.10. The minimum Gasteiger partial charge on any atom is -0.389 e. The van der Waals surface area contributed by atoms with Crippen LogP contribution in [0.1, 0.15) is 84.2 Å². The summed E-state index contributed by atoms with van der Waals surface area (Å²) in [7, 11) is 0. The van der Waals surface area contributed by atoms with Crippen molar-refractivity contribution >= 4 is 22.9 Å². The van der Waals surface area contributed by atoms with E-state index >= 15 is 0 Å². The number of amides is 1. The van der Waals surface area contributed by atoms with Crippen molar-refractivity contribution < 1.29 is 15.0 Å². The maximum Gasteiger partial charge on any atom is 0.229 e. The van der Waals surface area contributed by atoms with Crippen LogP contribution in [0.5, 0.6) is 0 Å². The average molecular weight is 414 g/mol.